The third-order valence-corrected chi connectivity index (χ3v) is 16.5. The molecule has 17 nitrogen and oxygen atoms in total. The van der Waals surface area contributed by atoms with Crippen molar-refractivity contribution in [3.63, 3.8) is 0 Å². The lowest BCUT2D eigenvalue weighted by Crippen LogP contribution is -2.57. The van der Waals surface area contributed by atoms with Gasteiger partial charge in [0.2, 0.25) is 23.6 Å². The summed E-state index contributed by atoms with van der Waals surface area (Å²) in [6, 6.07) is 24.7. The van der Waals surface area contributed by atoms with E-state index in [1.54, 1.807) is 66.5 Å². The fraction of sp³-hybridized carbons (Fsp3) is 0.492. The first-order valence-corrected chi connectivity index (χ1v) is 29.6. The number of likely N-dealkylation sites (tertiary alicyclic amines) is 1. The minimum atomic E-state index is -4.22. The number of imidazole rings is 1. The van der Waals surface area contributed by atoms with Gasteiger partial charge in [0, 0.05) is 74.5 Å². The quantitative estimate of drug-likeness (QED) is 0.0306. The van der Waals surface area contributed by atoms with Crippen molar-refractivity contribution in [2.75, 3.05) is 68.7 Å². The maximum Gasteiger partial charge on any atom is 0.323 e. The summed E-state index contributed by atoms with van der Waals surface area (Å²) in [7, 11) is 11.8. The highest BCUT2D eigenvalue weighted by Gasteiger charge is 2.62. The molecule has 7 rings (SSSR count). The number of nitrogens with one attached hydrogen (secondary N) is 3. The predicted octanol–water partition coefficient (Wildman–Crippen LogP) is 8.97. The number of nitrogens with zero attached hydrogens (tertiary/aromatic N) is 6. The maximum atomic E-state index is 14.9. The largest absolute Gasteiger partial charge is 0.469 e. The number of ether oxygens (including phenoxy) is 3. The van der Waals surface area contributed by atoms with Crippen LogP contribution < -0.4 is 20.7 Å². The smallest absolute Gasteiger partial charge is 0.323 e. The number of carbonyl (C=O) groups excluding carboxylic acids is 5. The molecular formula is C63H79Cl2F4N9O8. The SMILES string of the molecule is COC[C@H](NC(=O)[C@H](CCCN1CC(F)(F)C(F)(F)C1)NCc1ccc(Cl)cc1Oc1ccc(-c2cnc(CN(C)C)n2C)cc1)C(=O)N(C)[C@H](CC(=O)N[C@H]1CCCC[C@@H]1N(C)C(=O)[C@@H](CC(=O)OC)Cc1ccccc1)Cc1ccc(Cl)cc1. The van der Waals surface area contributed by atoms with E-state index < -0.39 is 78.8 Å². The van der Waals surface area contributed by atoms with E-state index in [2.05, 4.69) is 20.9 Å². The van der Waals surface area contributed by atoms with Crippen molar-refractivity contribution in [3.05, 3.63) is 136 Å². The third-order valence-electron chi connectivity index (χ3n) is 16.0. The number of likely N-dealkylation sites (N-methyl/N-ethyl adjacent to an activating group) is 2. The normalized spacial score (nSPS) is 17.9. The van der Waals surface area contributed by atoms with E-state index in [0.29, 0.717) is 52.9 Å². The number of alkyl halides is 4. The summed E-state index contributed by atoms with van der Waals surface area (Å²) >= 11 is 12.8. The minimum Gasteiger partial charge on any atom is -0.469 e. The molecule has 1 saturated heterocycles. The van der Waals surface area contributed by atoms with Crippen molar-refractivity contribution >= 4 is 52.8 Å². The van der Waals surface area contributed by atoms with Crippen LogP contribution in [0.1, 0.15) is 73.9 Å². The Morgan fingerprint density at radius 3 is 2.12 bits per heavy atom. The maximum absolute atomic E-state index is 14.9. The number of esters is 1. The van der Waals surface area contributed by atoms with E-state index in [-0.39, 0.29) is 63.6 Å². The first kappa shape index (κ1) is 66.9. The summed E-state index contributed by atoms with van der Waals surface area (Å²) in [5.74, 6) is -9.83. The number of methoxy groups -OCH3 is 2. The lowest BCUT2D eigenvalue weighted by molar-refractivity contribution is -0.172. The Labute approximate surface area is 511 Å². The van der Waals surface area contributed by atoms with Gasteiger partial charge in [0.25, 0.3) is 0 Å². The number of amides is 4. The molecule has 23 heteroatoms. The van der Waals surface area contributed by atoms with E-state index in [9.17, 15) is 41.5 Å². The van der Waals surface area contributed by atoms with Crippen molar-refractivity contribution in [2.45, 2.75) is 119 Å². The van der Waals surface area contributed by atoms with E-state index in [1.807, 2.05) is 79.3 Å². The fourth-order valence-corrected chi connectivity index (χ4v) is 11.5. The second-order valence-corrected chi connectivity index (χ2v) is 23.6. The minimum absolute atomic E-state index is 0.000829. The molecule has 2 heterocycles. The number of carbonyl (C=O) groups is 5. The zero-order valence-corrected chi connectivity index (χ0v) is 51.3. The molecule has 466 valence electrons. The topological polar surface area (TPSA) is 180 Å². The molecule has 2 fully saturated rings. The molecule has 1 aromatic heterocycles. The molecule has 6 atom stereocenters. The number of benzene rings is 4. The predicted molar refractivity (Wildman–Crippen MR) is 321 cm³/mol. The highest BCUT2D eigenvalue weighted by molar-refractivity contribution is 6.31. The summed E-state index contributed by atoms with van der Waals surface area (Å²) in [6.45, 7) is -2.10. The van der Waals surface area contributed by atoms with Crippen LogP contribution >= 0.6 is 23.2 Å². The molecule has 2 aliphatic rings. The van der Waals surface area contributed by atoms with Crippen LogP contribution in [-0.4, -0.2) is 169 Å². The van der Waals surface area contributed by atoms with Crippen LogP contribution in [0.5, 0.6) is 11.5 Å². The molecule has 0 bridgehead atoms. The van der Waals surface area contributed by atoms with E-state index in [1.165, 1.54) is 26.2 Å². The molecule has 0 unspecified atom stereocenters. The average molecular weight is 1240 g/mol. The van der Waals surface area contributed by atoms with Crippen molar-refractivity contribution in [3.8, 4) is 22.8 Å². The van der Waals surface area contributed by atoms with Crippen LogP contribution in [0.25, 0.3) is 11.3 Å². The van der Waals surface area contributed by atoms with Gasteiger partial charge in [0.15, 0.2) is 0 Å². The van der Waals surface area contributed by atoms with E-state index >= 15 is 0 Å². The Kier molecular flexibility index (Phi) is 24.0. The molecule has 1 aliphatic carbocycles. The van der Waals surface area contributed by atoms with Gasteiger partial charge in [-0.15, -0.1) is 0 Å². The van der Waals surface area contributed by atoms with Gasteiger partial charge in [-0.3, -0.25) is 28.9 Å². The van der Waals surface area contributed by atoms with Crippen molar-refractivity contribution in [1.29, 1.82) is 0 Å². The van der Waals surface area contributed by atoms with Gasteiger partial charge in [-0.1, -0.05) is 84.6 Å². The van der Waals surface area contributed by atoms with Gasteiger partial charge in [-0.2, -0.15) is 17.6 Å². The number of rotatable bonds is 29. The number of aromatic nitrogens is 2. The molecule has 86 heavy (non-hydrogen) atoms. The number of halogens is 6. The summed E-state index contributed by atoms with van der Waals surface area (Å²) in [6.07, 6.45) is 4.79. The fourth-order valence-electron chi connectivity index (χ4n) is 11.2. The third kappa shape index (κ3) is 18.2. The van der Waals surface area contributed by atoms with Gasteiger partial charge in [-0.05, 0) is 119 Å². The van der Waals surface area contributed by atoms with Crippen LogP contribution in [0.2, 0.25) is 10.0 Å². The summed E-state index contributed by atoms with van der Waals surface area (Å²) < 4.78 is 76.1. The Morgan fingerprint density at radius 1 is 0.791 bits per heavy atom. The lowest BCUT2D eigenvalue weighted by atomic mass is 9.87. The molecule has 3 N–H and O–H groups in total. The Balaban J connectivity index is 1.08. The second kappa shape index (κ2) is 30.8. The van der Waals surface area contributed by atoms with Gasteiger partial charge >= 0.3 is 17.8 Å². The van der Waals surface area contributed by atoms with Crippen molar-refractivity contribution in [1.82, 2.24) is 45.1 Å². The van der Waals surface area contributed by atoms with E-state index in [4.69, 9.17) is 37.4 Å². The van der Waals surface area contributed by atoms with Gasteiger partial charge in [-0.25, -0.2) is 4.98 Å². The zero-order valence-electron chi connectivity index (χ0n) is 49.8. The van der Waals surface area contributed by atoms with Crippen molar-refractivity contribution < 1.29 is 55.7 Å². The Morgan fingerprint density at radius 2 is 1.45 bits per heavy atom. The molecule has 4 amide bonds. The van der Waals surface area contributed by atoms with Gasteiger partial charge < -0.3 is 49.4 Å². The number of hydrogen-bond acceptors (Lipinski definition) is 12. The average Bonchev–Trinajstić information content (AvgIpc) is 2.93. The Hall–Kier alpha value is -6.62. The molecule has 0 radical (unpaired) electrons. The summed E-state index contributed by atoms with van der Waals surface area (Å²) in [4.78, 5) is 81.4. The van der Waals surface area contributed by atoms with Gasteiger partial charge in [0.1, 0.15) is 23.4 Å². The standard InChI is InChI=1S/C63H79Cl2F4N9O8/c1-74(2)37-56-71-36-54(76(56)4)43-22-27-49(28-23-43)86-55-33-47(65)26-21-44(55)35-70-51(17-13-29-78-39-62(66,67)63(68,69)40-78)59(81)73-52(38-84-6)61(83)75(3)48(31-42-19-24-46(64)25-20-42)34-57(79)72-50-16-11-12-18-53(50)77(5)60(82)45(32-58(80)85-7)30-41-14-9-8-10-15-41/h8-10,14-15,19-28,33,36,45,48,50-53,70H,11-13,16-18,29-32,34-35,37-40H2,1-7H3,(H,72,79)(H,73,81)/t45-,48+,50+,51+,52+,53+/m1/s1. The summed E-state index contributed by atoms with van der Waals surface area (Å²) in [5, 5.41) is 10.1. The molecule has 1 aliphatic heterocycles. The zero-order chi connectivity index (χ0) is 62.3. The highest BCUT2D eigenvalue weighted by Crippen LogP contribution is 2.41. The van der Waals surface area contributed by atoms with Crippen LogP contribution in [0.15, 0.2) is 103 Å². The highest BCUT2D eigenvalue weighted by atomic mass is 35.5. The van der Waals surface area contributed by atoms with Crippen molar-refractivity contribution in [2.24, 2.45) is 13.0 Å². The van der Waals surface area contributed by atoms with Crippen LogP contribution in [-0.2, 0) is 66.4 Å². The molecule has 4 aromatic carbocycles. The molecular weight excluding hydrogens is 1160 g/mol. The van der Waals surface area contributed by atoms with Gasteiger partial charge in [0.05, 0.1) is 69.7 Å². The molecule has 0 spiro atoms. The first-order valence-electron chi connectivity index (χ1n) is 28.9. The van der Waals surface area contributed by atoms with Crippen LogP contribution in [0, 0.1) is 5.92 Å². The molecule has 5 aromatic rings. The molecule has 1 saturated carbocycles. The first-order chi connectivity index (χ1) is 40.9. The lowest BCUT2D eigenvalue weighted by Gasteiger charge is -2.40. The van der Waals surface area contributed by atoms with Crippen LogP contribution in [0.3, 0.4) is 0 Å². The van der Waals surface area contributed by atoms with Crippen LogP contribution in [0.4, 0.5) is 17.6 Å². The van der Waals surface area contributed by atoms with E-state index in [0.717, 1.165) is 46.0 Å². The Bertz CT molecular complexity index is 3050. The summed E-state index contributed by atoms with van der Waals surface area (Å²) in [5.41, 5.74) is 4.04. The monoisotopic (exact) mass is 1240 g/mol. The number of hydrogen-bond donors (Lipinski definition) is 3. The second-order valence-electron chi connectivity index (χ2n) is 22.7.